The van der Waals surface area contributed by atoms with E-state index < -0.39 is 10.0 Å². The Kier molecular flexibility index (Phi) is 6.10. The minimum Gasteiger partial charge on any atom is -0.496 e. The van der Waals surface area contributed by atoms with Crippen molar-refractivity contribution < 1.29 is 18.1 Å². The summed E-state index contributed by atoms with van der Waals surface area (Å²) in [7, 11) is -1.93. The van der Waals surface area contributed by atoms with Gasteiger partial charge in [-0.2, -0.15) is 4.31 Å². The summed E-state index contributed by atoms with van der Waals surface area (Å²) in [6.07, 6.45) is 0. The Balaban J connectivity index is 1.68. The third-order valence-corrected chi connectivity index (χ3v) is 7.20. The molecule has 140 valence electrons. The Bertz CT molecular complexity index is 882. The van der Waals surface area contributed by atoms with Gasteiger partial charge in [0.2, 0.25) is 10.0 Å². The van der Waals surface area contributed by atoms with Gasteiger partial charge in [0.05, 0.1) is 38.3 Å². The molecule has 2 aromatic carbocycles. The number of hydrogen-bond donors (Lipinski definition) is 1. The fourth-order valence-corrected chi connectivity index (χ4v) is 5.30. The standard InChI is InChI=1S/C18H20Cl2N2O3S/c1-25-17-7-6-15(19)12-14(17)13-21-8-10-22(11-9-21)26(23,24)18-5-3-2-4-16(18)20/h2-7,12H,8-11,13H2,1H3/p+1. The lowest BCUT2D eigenvalue weighted by atomic mass is 10.1. The summed E-state index contributed by atoms with van der Waals surface area (Å²) < 4.78 is 32.5. The molecule has 1 N–H and O–H groups in total. The second-order valence-electron chi connectivity index (χ2n) is 6.22. The Hall–Kier alpha value is -1.31. The molecule has 0 aromatic heterocycles. The topological polar surface area (TPSA) is 51.1 Å². The van der Waals surface area contributed by atoms with Gasteiger partial charge in [0.25, 0.3) is 0 Å². The van der Waals surface area contributed by atoms with Gasteiger partial charge >= 0.3 is 0 Å². The molecule has 0 unspecified atom stereocenters. The smallest absolute Gasteiger partial charge is 0.244 e. The first-order chi connectivity index (χ1) is 12.4. The highest BCUT2D eigenvalue weighted by Crippen LogP contribution is 2.24. The van der Waals surface area contributed by atoms with Crippen molar-refractivity contribution >= 4 is 33.2 Å². The van der Waals surface area contributed by atoms with E-state index in [1.54, 1.807) is 37.4 Å². The molecule has 1 aliphatic rings. The number of nitrogens with zero attached hydrogens (tertiary/aromatic N) is 1. The van der Waals surface area contributed by atoms with E-state index in [2.05, 4.69) is 0 Å². The number of quaternary nitrogens is 1. The van der Waals surface area contributed by atoms with Gasteiger partial charge in [0.1, 0.15) is 17.2 Å². The first-order valence-corrected chi connectivity index (χ1v) is 10.5. The molecule has 5 nitrogen and oxygen atoms in total. The molecule has 0 spiro atoms. The molecule has 1 aliphatic heterocycles. The largest absolute Gasteiger partial charge is 0.496 e. The van der Waals surface area contributed by atoms with E-state index in [-0.39, 0.29) is 9.92 Å². The highest BCUT2D eigenvalue weighted by atomic mass is 35.5. The SMILES string of the molecule is COc1ccc(Cl)cc1C[NH+]1CCN(S(=O)(=O)c2ccccc2Cl)CC1. The Morgan fingerprint density at radius 1 is 1.12 bits per heavy atom. The average Bonchev–Trinajstić information content (AvgIpc) is 2.62. The molecule has 8 heteroatoms. The number of rotatable bonds is 5. The molecule has 0 bridgehead atoms. The lowest BCUT2D eigenvalue weighted by Gasteiger charge is -2.32. The minimum atomic E-state index is -3.57. The van der Waals surface area contributed by atoms with Crippen molar-refractivity contribution in [3.8, 4) is 5.75 Å². The van der Waals surface area contributed by atoms with Crippen LogP contribution in [0.5, 0.6) is 5.75 Å². The van der Waals surface area contributed by atoms with E-state index in [0.717, 1.165) is 17.9 Å². The maximum atomic E-state index is 12.8. The normalized spacial score (nSPS) is 16.6. The van der Waals surface area contributed by atoms with Gasteiger partial charge in [-0.3, -0.25) is 0 Å². The van der Waals surface area contributed by atoms with Gasteiger partial charge in [-0.15, -0.1) is 0 Å². The molecule has 0 aliphatic carbocycles. The fourth-order valence-electron chi connectivity index (χ4n) is 3.17. The molecule has 0 saturated carbocycles. The van der Waals surface area contributed by atoms with Crippen LogP contribution in [0.25, 0.3) is 0 Å². The van der Waals surface area contributed by atoms with Crippen molar-refractivity contribution in [2.24, 2.45) is 0 Å². The quantitative estimate of drug-likeness (QED) is 0.813. The summed E-state index contributed by atoms with van der Waals surface area (Å²) in [6.45, 7) is 3.06. The minimum absolute atomic E-state index is 0.168. The van der Waals surface area contributed by atoms with E-state index in [0.29, 0.717) is 31.2 Å². The Morgan fingerprint density at radius 2 is 1.81 bits per heavy atom. The highest BCUT2D eigenvalue weighted by Gasteiger charge is 2.31. The van der Waals surface area contributed by atoms with E-state index in [4.69, 9.17) is 27.9 Å². The Morgan fingerprint density at radius 3 is 2.46 bits per heavy atom. The van der Waals surface area contributed by atoms with Crippen LogP contribution in [0.2, 0.25) is 10.0 Å². The number of methoxy groups -OCH3 is 1. The average molecular weight is 416 g/mol. The van der Waals surface area contributed by atoms with Crippen LogP contribution in [0.15, 0.2) is 47.4 Å². The van der Waals surface area contributed by atoms with E-state index in [9.17, 15) is 8.42 Å². The number of sulfonamides is 1. The predicted octanol–water partition coefficient (Wildman–Crippen LogP) is 2.09. The summed E-state index contributed by atoms with van der Waals surface area (Å²) in [5.41, 5.74) is 1.03. The molecule has 3 rings (SSSR count). The van der Waals surface area contributed by atoms with Crippen molar-refractivity contribution in [3.63, 3.8) is 0 Å². The zero-order chi connectivity index (χ0) is 18.7. The van der Waals surface area contributed by atoms with Crippen LogP contribution >= 0.6 is 23.2 Å². The molecule has 1 saturated heterocycles. The van der Waals surface area contributed by atoms with Crippen LogP contribution in [0.3, 0.4) is 0 Å². The second kappa shape index (κ2) is 8.15. The van der Waals surface area contributed by atoms with Crippen LogP contribution < -0.4 is 9.64 Å². The van der Waals surface area contributed by atoms with Crippen LogP contribution in [-0.4, -0.2) is 46.0 Å². The summed E-state index contributed by atoms with van der Waals surface area (Å²) in [5.74, 6) is 0.799. The number of halogens is 2. The fraction of sp³-hybridized carbons (Fsp3) is 0.333. The van der Waals surface area contributed by atoms with Crippen LogP contribution in [0.1, 0.15) is 5.56 Å². The van der Waals surface area contributed by atoms with Crippen LogP contribution in [0.4, 0.5) is 0 Å². The lowest BCUT2D eigenvalue weighted by Crippen LogP contribution is -3.13. The van der Waals surface area contributed by atoms with Crippen molar-refractivity contribution in [2.45, 2.75) is 11.4 Å². The summed E-state index contributed by atoms with van der Waals surface area (Å²) in [6, 6.07) is 12.1. The number of piperazine rings is 1. The molecule has 1 fully saturated rings. The van der Waals surface area contributed by atoms with Gasteiger partial charge in [-0.1, -0.05) is 35.3 Å². The van der Waals surface area contributed by atoms with E-state index in [1.807, 2.05) is 12.1 Å². The van der Waals surface area contributed by atoms with Crippen molar-refractivity contribution in [2.75, 3.05) is 33.3 Å². The zero-order valence-corrected chi connectivity index (χ0v) is 16.7. The predicted molar refractivity (Wildman–Crippen MR) is 103 cm³/mol. The van der Waals surface area contributed by atoms with Crippen LogP contribution in [0, 0.1) is 0 Å². The maximum absolute atomic E-state index is 12.8. The second-order valence-corrected chi connectivity index (χ2v) is 8.97. The first kappa shape index (κ1) is 19.5. The highest BCUT2D eigenvalue weighted by molar-refractivity contribution is 7.89. The number of nitrogens with one attached hydrogen (secondary N) is 1. The van der Waals surface area contributed by atoms with Gasteiger partial charge in [-0.05, 0) is 30.3 Å². The molecule has 0 radical (unpaired) electrons. The molecule has 2 aromatic rings. The lowest BCUT2D eigenvalue weighted by molar-refractivity contribution is -0.917. The number of benzene rings is 2. The summed E-state index contributed by atoms with van der Waals surface area (Å²) >= 11 is 12.2. The first-order valence-electron chi connectivity index (χ1n) is 8.32. The van der Waals surface area contributed by atoms with Crippen LogP contribution in [-0.2, 0) is 16.6 Å². The summed E-state index contributed by atoms with van der Waals surface area (Å²) in [4.78, 5) is 1.46. The third-order valence-electron chi connectivity index (χ3n) is 4.57. The van der Waals surface area contributed by atoms with Crippen molar-refractivity contribution in [3.05, 3.63) is 58.1 Å². The maximum Gasteiger partial charge on any atom is 0.244 e. The zero-order valence-electron chi connectivity index (χ0n) is 14.4. The van der Waals surface area contributed by atoms with Gasteiger partial charge in [0, 0.05) is 10.6 Å². The van der Waals surface area contributed by atoms with E-state index in [1.165, 1.54) is 9.21 Å². The molecule has 1 heterocycles. The van der Waals surface area contributed by atoms with E-state index >= 15 is 0 Å². The summed E-state index contributed by atoms with van der Waals surface area (Å²) in [5, 5.41) is 0.922. The Labute approximate surface area is 164 Å². The van der Waals surface area contributed by atoms with Gasteiger partial charge < -0.3 is 9.64 Å². The number of hydrogen-bond acceptors (Lipinski definition) is 3. The monoisotopic (exact) mass is 415 g/mol. The molecule has 26 heavy (non-hydrogen) atoms. The van der Waals surface area contributed by atoms with Crippen molar-refractivity contribution in [1.29, 1.82) is 0 Å². The van der Waals surface area contributed by atoms with Crippen molar-refractivity contribution in [1.82, 2.24) is 4.31 Å². The van der Waals surface area contributed by atoms with Gasteiger partial charge in [-0.25, -0.2) is 8.42 Å². The van der Waals surface area contributed by atoms with Gasteiger partial charge in [0.15, 0.2) is 0 Å². The number of ether oxygens (including phenoxy) is 1. The third kappa shape index (κ3) is 4.15. The molecular formula is C18H21Cl2N2O3S+. The molecule has 0 atom stereocenters. The molecular weight excluding hydrogens is 395 g/mol. The molecule has 0 amide bonds.